The van der Waals surface area contributed by atoms with E-state index in [1.165, 1.54) is 19.3 Å². The highest BCUT2D eigenvalue weighted by Crippen LogP contribution is 2.08. The lowest BCUT2D eigenvalue weighted by atomic mass is 10.2. The quantitative estimate of drug-likeness (QED) is 0.407. The molecule has 0 aliphatic carbocycles. The molecule has 84 valence electrons. The number of hydrogen-bond donors (Lipinski definition) is 2. The lowest BCUT2D eigenvalue weighted by Gasteiger charge is -2.05. The van der Waals surface area contributed by atoms with Crippen molar-refractivity contribution in [3.05, 3.63) is 12.3 Å². The fourth-order valence-electron chi connectivity index (χ4n) is 1.20. The van der Waals surface area contributed by atoms with Gasteiger partial charge in [-0.1, -0.05) is 26.2 Å². The Kier molecular flexibility index (Phi) is 5.47. The number of aromatic nitrogens is 2. The third kappa shape index (κ3) is 4.60. The monoisotopic (exact) mass is 210 g/mol. The molecular weight excluding hydrogens is 192 g/mol. The summed E-state index contributed by atoms with van der Waals surface area (Å²) in [6, 6.07) is 1.72. The molecule has 0 amide bonds. The molecule has 3 N–H and O–H groups in total. The lowest BCUT2D eigenvalue weighted by molar-refractivity contribution is 0.293. The van der Waals surface area contributed by atoms with Gasteiger partial charge in [0.05, 0.1) is 6.61 Å². The first-order valence-corrected chi connectivity index (χ1v) is 5.29. The van der Waals surface area contributed by atoms with Crippen LogP contribution in [0, 0.1) is 0 Å². The van der Waals surface area contributed by atoms with Crippen molar-refractivity contribution < 1.29 is 4.74 Å². The average molecular weight is 210 g/mol. The van der Waals surface area contributed by atoms with Crippen molar-refractivity contribution >= 4 is 5.95 Å². The van der Waals surface area contributed by atoms with Crippen LogP contribution >= 0.6 is 0 Å². The number of hydrogen-bond acceptors (Lipinski definition) is 5. The maximum Gasteiger partial charge on any atom is 0.240 e. The third-order valence-corrected chi connectivity index (χ3v) is 2.01. The molecule has 0 radical (unpaired) electrons. The van der Waals surface area contributed by atoms with Gasteiger partial charge in [0.1, 0.15) is 0 Å². The molecule has 5 nitrogen and oxygen atoms in total. The first-order chi connectivity index (χ1) is 7.36. The number of nitrogen functional groups attached to an aromatic ring is 1. The summed E-state index contributed by atoms with van der Waals surface area (Å²) in [5.41, 5.74) is 2.38. The van der Waals surface area contributed by atoms with Crippen LogP contribution in [0.25, 0.3) is 0 Å². The maximum absolute atomic E-state index is 5.45. The summed E-state index contributed by atoms with van der Waals surface area (Å²) in [6.07, 6.45) is 6.36. The number of unbranched alkanes of at least 4 members (excludes halogenated alkanes) is 3. The fraction of sp³-hybridized carbons (Fsp3) is 0.600. The lowest BCUT2D eigenvalue weighted by Crippen LogP contribution is -2.11. The zero-order valence-electron chi connectivity index (χ0n) is 9.07. The fourth-order valence-corrected chi connectivity index (χ4v) is 1.20. The molecule has 0 bridgehead atoms. The van der Waals surface area contributed by atoms with E-state index in [2.05, 4.69) is 22.3 Å². The molecule has 0 aliphatic heterocycles. The standard InChI is InChI=1S/C10H18N4O/c1-2-3-4-5-8-15-9-6-7-12-10(13-9)14-11/h6-7H,2-5,8,11H2,1H3,(H,12,13,14). The second kappa shape index (κ2) is 7.00. The second-order valence-electron chi connectivity index (χ2n) is 3.27. The minimum atomic E-state index is 0.376. The van der Waals surface area contributed by atoms with Gasteiger partial charge >= 0.3 is 0 Å². The molecule has 0 aromatic carbocycles. The highest BCUT2D eigenvalue weighted by atomic mass is 16.5. The molecule has 1 aromatic rings. The van der Waals surface area contributed by atoms with E-state index in [0.29, 0.717) is 18.4 Å². The SMILES string of the molecule is CCCCCCOc1ccnc(NN)n1. The van der Waals surface area contributed by atoms with Crippen molar-refractivity contribution in [1.82, 2.24) is 9.97 Å². The van der Waals surface area contributed by atoms with Crippen molar-refractivity contribution in [2.45, 2.75) is 32.6 Å². The zero-order valence-corrected chi connectivity index (χ0v) is 9.07. The molecule has 15 heavy (non-hydrogen) atoms. The van der Waals surface area contributed by atoms with Gasteiger partial charge in [0.25, 0.3) is 0 Å². The van der Waals surface area contributed by atoms with Crippen molar-refractivity contribution in [3.63, 3.8) is 0 Å². The van der Waals surface area contributed by atoms with Crippen LogP contribution in [0.3, 0.4) is 0 Å². The Hall–Kier alpha value is -1.36. The van der Waals surface area contributed by atoms with Crippen molar-refractivity contribution in [2.75, 3.05) is 12.0 Å². The molecule has 1 aromatic heterocycles. The van der Waals surface area contributed by atoms with E-state index in [4.69, 9.17) is 10.6 Å². The summed E-state index contributed by atoms with van der Waals surface area (Å²) >= 11 is 0. The Bertz CT molecular complexity index is 280. The smallest absolute Gasteiger partial charge is 0.240 e. The summed E-state index contributed by atoms with van der Waals surface area (Å²) in [5.74, 6) is 6.12. The molecular formula is C10H18N4O. The summed E-state index contributed by atoms with van der Waals surface area (Å²) in [6.45, 7) is 2.88. The molecule has 0 saturated heterocycles. The Morgan fingerprint density at radius 3 is 3.00 bits per heavy atom. The molecule has 0 saturated carbocycles. The Morgan fingerprint density at radius 1 is 1.40 bits per heavy atom. The van der Waals surface area contributed by atoms with E-state index in [1.54, 1.807) is 12.3 Å². The number of rotatable bonds is 7. The summed E-state index contributed by atoms with van der Waals surface area (Å²) in [5, 5.41) is 0. The van der Waals surface area contributed by atoms with Gasteiger partial charge in [-0.25, -0.2) is 10.8 Å². The van der Waals surface area contributed by atoms with Crippen LogP contribution in [0.5, 0.6) is 5.88 Å². The summed E-state index contributed by atoms with van der Waals surface area (Å²) < 4.78 is 5.45. The van der Waals surface area contributed by atoms with E-state index in [1.807, 2.05) is 0 Å². The van der Waals surface area contributed by atoms with Crippen molar-refractivity contribution in [2.24, 2.45) is 5.84 Å². The number of nitrogens with two attached hydrogens (primary N) is 1. The minimum absolute atomic E-state index is 0.376. The number of anilines is 1. The summed E-state index contributed by atoms with van der Waals surface area (Å²) in [7, 11) is 0. The van der Waals surface area contributed by atoms with Crippen LogP contribution in [0.1, 0.15) is 32.6 Å². The normalized spacial score (nSPS) is 10.0. The topological polar surface area (TPSA) is 73.1 Å². The number of nitrogens with one attached hydrogen (secondary N) is 1. The highest BCUT2D eigenvalue weighted by Gasteiger charge is 1.97. The van der Waals surface area contributed by atoms with Crippen LogP contribution in [-0.2, 0) is 0 Å². The number of hydrazine groups is 1. The van der Waals surface area contributed by atoms with E-state index in [-0.39, 0.29) is 0 Å². The molecule has 0 aliphatic rings. The molecule has 1 rings (SSSR count). The zero-order chi connectivity index (χ0) is 10.9. The summed E-state index contributed by atoms with van der Waals surface area (Å²) in [4.78, 5) is 7.93. The molecule has 0 fully saturated rings. The number of ether oxygens (including phenoxy) is 1. The second-order valence-corrected chi connectivity index (χ2v) is 3.27. The Morgan fingerprint density at radius 2 is 2.27 bits per heavy atom. The minimum Gasteiger partial charge on any atom is -0.478 e. The van der Waals surface area contributed by atoms with Gasteiger partial charge < -0.3 is 4.74 Å². The molecule has 0 atom stereocenters. The first-order valence-electron chi connectivity index (χ1n) is 5.29. The van der Waals surface area contributed by atoms with Gasteiger partial charge in [-0.15, -0.1) is 0 Å². The number of nitrogens with zero attached hydrogens (tertiary/aromatic N) is 2. The van der Waals surface area contributed by atoms with E-state index >= 15 is 0 Å². The van der Waals surface area contributed by atoms with Gasteiger partial charge in [-0.05, 0) is 6.42 Å². The van der Waals surface area contributed by atoms with Crippen LogP contribution < -0.4 is 16.0 Å². The van der Waals surface area contributed by atoms with E-state index < -0.39 is 0 Å². The predicted octanol–water partition coefficient (Wildman–Crippen LogP) is 1.72. The third-order valence-electron chi connectivity index (χ3n) is 2.01. The Labute approximate surface area is 90.0 Å². The molecule has 1 heterocycles. The van der Waals surface area contributed by atoms with Crippen LogP contribution in [0.4, 0.5) is 5.95 Å². The highest BCUT2D eigenvalue weighted by molar-refractivity contribution is 5.25. The first kappa shape index (κ1) is 11.7. The van der Waals surface area contributed by atoms with Crippen LogP contribution in [0.15, 0.2) is 12.3 Å². The Balaban J connectivity index is 2.24. The van der Waals surface area contributed by atoms with Gasteiger partial charge in [0.15, 0.2) is 0 Å². The van der Waals surface area contributed by atoms with Crippen LogP contribution in [0.2, 0.25) is 0 Å². The van der Waals surface area contributed by atoms with Crippen molar-refractivity contribution in [3.8, 4) is 5.88 Å². The predicted molar refractivity (Wildman–Crippen MR) is 59.5 cm³/mol. The van der Waals surface area contributed by atoms with Gasteiger partial charge in [-0.2, -0.15) is 4.98 Å². The molecule has 0 unspecified atom stereocenters. The molecule has 0 spiro atoms. The van der Waals surface area contributed by atoms with Gasteiger partial charge in [0.2, 0.25) is 11.8 Å². The van der Waals surface area contributed by atoms with Gasteiger partial charge in [-0.3, -0.25) is 5.43 Å². The van der Waals surface area contributed by atoms with E-state index in [9.17, 15) is 0 Å². The molecule has 5 heteroatoms. The average Bonchev–Trinajstić information content (AvgIpc) is 2.29. The maximum atomic E-state index is 5.45. The van der Waals surface area contributed by atoms with Gasteiger partial charge in [0, 0.05) is 12.3 Å². The van der Waals surface area contributed by atoms with Crippen LogP contribution in [-0.4, -0.2) is 16.6 Å². The van der Waals surface area contributed by atoms with Crippen molar-refractivity contribution in [1.29, 1.82) is 0 Å². The largest absolute Gasteiger partial charge is 0.478 e. The van der Waals surface area contributed by atoms with E-state index in [0.717, 1.165) is 6.42 Å².